The highest BCUT2D eigenvalue weighted by molar-refractivity contribution is 7.89. The lowest BCUT2D eigenvalue weighted by atomic mass is 10.1. The molecule has 4 nitrogen and oxygen atoms in total. The van der Waals surface area contributed by atoms with Gasteiger partial charge in [0.05, 0.1) is 4.90 Å². The van der Waals surface area contributed by atoms with Crippen LogP contribution in [0, 0.1) is 20.8 Å². The Hall–Kier alpha value is -0.910. The predicted molar refractivity (Wildman–Crippen MR) is 81.5 cm³/mol. The number of hydrogen-bond donors (Lipinski definition) is 1. The summed E-state index contributed by atoms with van der Waals surface area (Å²) in [6.07, 6.45) is 1.95. The van der Waals surface area contributed by atoms with E-state index < -0.39 is 10.0 Å². The molecule has 1 aromatic carbocycles. The molecular weight excluding hydrogens is 272 g/mol. The molecule has 0 aromatic heterocycles. The molecule has 1 atom stereocenters. The largest absolute Gasteiger partial charge is 0.316 e. The third-order valence-electron chi connectivity index (χ3n) is 3.99. The monoisotopic (exact) mass is 296 g/mol. The number of sulfonamides is 1. The molecule has 0 aliphatic carbocycles. The molecule has 1 N–H and O–H groups in total. The number of nitrogens with one attached hydrogen (secondary N) is 1. The van der Waals surface area contributed by atoms with Gasteiger partial charge in [-0.3, -0.25) is 0 Å². The van der Waals surface area contributed by atoms with E-state index in [2.05, 4.69) is 5.32 Å². The maximum atomic E-state index is 12.9. The van der Waals surface area contributed by atoms with E-state index >= 15 is 0 Å². The van der Waals surface area contributed by atoms with Gasteiger partial charge in [0.1, 0.15) is 0 Å². The number of piperidine rings is 1. The van der Waals surface area contributed by atoms with Crippen LogP contribution < -0.4 is 5.32 Å². The van der Waals surface area contributed by atoms with Crippen molar-refractivity contribution in [2.45, 2.75) is 44.6 Å². The van der Waals surface area contributed by atoms with E-state index in [4.69, 9.17) is 0 Å². The molecule has 0 amide bonds. The molecule has 0 radical (unpaired) electrons. The van der Waals surface area contributed by atoms with Crippen LogP contribution >= 0.6 is 0 Å². The SMILES string of the molecule is CNC1CCCN(S(=O)(=O)c2c(C)cc(C)cc2C)C1. The summed E-state index contributed by atoms with van der Waals surface area (Å²) in [6, 6.07) is 4.14. The van der Waals surface area contributed by atoms with Crippen LogP contribution in [-0.2, 0) is 10.0 Å². The number of likely N-dealkylation sites (N-methyl/N-ethyl adjacent to an activating group) is 1. The van der Waals surface area contributed by atoms with Crippen molar-refractivity contribution in [1.29, 1.82) is 0 Å². The Morgan fingerprint density at radius 1 is 1.20 bits per heavy atom. The maximum Gasteiger partial charge on any atom is 0.243 e. The van der Waals surface area contributed by atoms with Gasteiger partial charge in [-0.1, -0.05) is 17.7 Å². The van der Waals surface area contributed by atoms with Gasteiger partial charge in [0.2, 0.25) is 10.0 Å². The van der Waals surface area contributed by atoms with Gasteiger partial charge >= 0.3 is 0 Å². The molecule has 5 heteroatoms. The molecule has 1 aromatic rings. The van der Waals surface area contributed by atoms with Gasteiger partial charge in [0.25, 0.3) is 0 Å². The molecule has 0 bridgehead atoms. The average Bonchev–Trinajstić information content (AvgIpc) is 2.37. The minimum atomic E-state index is -3.39. The standard InChI is InChI=1S/C15H24N2O2S/c1-11-8-12(2)15(13(3)9-11)20(18,19)17-7-5-6-14(10-17)16-4/h8-9,14,16H,5-7,10H2,1-4H3. The fraction of sp³-hybridized carbons (Fsp3) is 0.600. The summed E-state index contributed by atoms with van der Waals surface area (Å²) in [6.45, 7) is 6.94. The van der Waals surface area contributed by atoms with Gasteiger partial charge in [0, 0.05) is 19.1 Å². The van der Waals surface area contributed by atoms with Crippen molar-refractivity contribution in [3.8, 4) is 0 Å². The molecular formula is C15H24N2O2S. The van der Waals surface area contributed by atoms with Gasteiger partial charge in [-0.25, -0.2) is 8.42 Å². The van der Waals surface area contributed by atoms with Crippen LogP contribution in [0.3, 0.4) is 0 Å². The average molecular weight is 296 g/mol. The summed E-state index contributed by atoms with van der Waals surface area (Å²) in [7, 11) is -1.50. The Kier molecular flexibility index (Phi) is 4.52. The van der Waals surface area contributed by atoms with Crippen LogP contribution in [0.4, 0.5) is 0 Å². The van der Waals surface area contributed by atoms with Gasteiger partial charge < -0.3 is 5.32 Å². The second-order valence-electron chi connectivity index (χ2n) is 5.72. The normalized spacial score (nSPS) is 21.1. The highest BCUT2D eigenvalue weighted by atomic mass is 32.2. The first-order chi connectivity index (χ1) is 9.36. The molecule has 112 valence electrons. The van der Waals surface area contributed by atoms with Crippen LogP contribution in [0.25, 0.3) is 0 Å². The number of benzene rings is 1. The first-order valence-corrected chi connectivity index (χ1v) is 8.55. The van der Waals surface area contributed by atoms with Crippen LogP contribution in [0.5, 0.6) is 0 Å². The van der Waals surface area contributed by atoms with Crippen LogP contribution in [0.15, 0.2) is 17.0 Å². The Morgan fingerprint density at radius 2 is 1.80 bits per heavy atom. The Balaban J connectivity index is 2.40. The highest BCUT2D eigenvalue weighted by Gasteiger charge is 2.31. The summed E-state index contributed by atoms with van der Waals surface area (Å²) in [5.74, 6) is 0. The summed E-state index contributed by atoms with van der Waals surface area (Å²) >= 11 is 0. The first-order valence-electron chi connectivity index (χ1n) is 7.11. The Bertz CT molecular complexity index is 573. The fourth-order valence-electron chi connectivity index (χ4n) is 3.10. The molecule has 1 heterocycles. The molecule has 1 unspecified atom stereocenters. The minimum absolute atomic E-state index is 0.254. The molecule has 2 rings (SSSR count). The molecule has 1 fully saturated rings. The zero-order valence-electron chi connectivity index (χ0n) is 12.7. The number of rotatable bonds is 3. The molecule has 0 spiro atoms. The number of hydrogen-bond acceptors (Lipinski definition) is 3. The third kappa shape index (κ3) is 2.90. The van der Waals surface area contributed by atoms with Crippen LogP contribution in [-0.4, -0.2) is 38.9 Å². The first kappa shape index (κ1) is 15.5. The van der Waals surface area contributed by atoms with Crippen molar-refractivity contribution in [3.63, 3.8) is 0 Å². The maximum absolute atomic E-state index is 12.9. The van der Waals surface area contributed by atoms with E-state index in [0.29, 0.717) is 18.0 Å². The summed E-state index contributed by atoms with van der Waals surface area (Å²) in [4.78, 5) is 0.486. The van der Waals surface area contributed by atoms with Crippen molar-refractivity contribution in [1.82, 2.24) is 9.62 Å². The Labute approximate surface area is 122 Å². The van der Waals surface area contributed by atoms with Crippen molar-refractivity contribution in [2.75, 3.05) is 20.1 Å². The van der Waals surface area contributed by atoms with Gasteiger partial charge in [0.15, 0.2) is 0 Å². The van der Waals surface area contributed by atoms with E-state index in [1.165, 1.54) is 0 Å². The highest BCUT2D eigenvalue weighted by Crippen LogP contribution is 2.27. The van der Waals surface area contributed by atoms with E-state index in [1.54, 1.807) is 4.31 Å². The summed E-state index contributed by atoms with van der Waals surface area (Å²) in [5, 5.41) is 3.19. The quantitative estimate of drug-likeness (QED) is 0.928. The molecule has 1 saturated heterocycles. The van der Waals surface area contributed by atoms with Crippen molar-refractivity contribution in [2.24, 2.45) is 0 Å². The van der Waals surface area contributed by atoms with Gasteiger partial charge in [-0.2, -0.15) is 4.31 Å². The van der Waals surface area contributed by atoms with E-state index in [-0.39, 0.29) is 6.04 Å². The minimum Gasteiger partial charge on any atom is -0.316 e. The fourth-order valence-corrected chi connectivity index (χ4v) is 5.03. The smallest absolute Gasteiger partial charge is 0.243 e. The lowest BCUT2D eigenvalue weighted by Gasteiger charge is -2.32. The molecule has 0 saturated carbocycles. The van der Waals surface area contributed by atoms with Gasteiger partial charge in [-0.05, 0) is 51.8 Å². The zero-order chi connectivity index (χ0) is 14.9. The summed E-state index contributed by atoms with van der Waals surface area (Å²) < 4.78 is 27.4. The Morgan fingerprint density at radius 3 is 2.35 bits per heavy atom. The lowest BCUT2D eigenvalue weighted by molar-refractivity contribution is 0.292. The zero-order valence-corrected chi connectivity index (χ0v) is 13.5. The van der Waals surface area contributed by atoms with Crippen LogP contribution in [0.1, 0.15) is 29.5 Å². The van der Waals surface area contributed by atoms with E-state index in [9.17, 15) is 8.42 Å². The molecule has 1 aliphatic heterocycles. The second-order valence-corrected chi connectivity index (χ2v) is 7.59. The second kappa shape index (κ2) is 5.84. The topological polar surface area (TPSA) is 49.4 Å². The predicted octanol–water partition coefficient (Wildman–Crippen LogP) is 1.98. The lowest BCUT2D eigenvalue weighted by Crippen LogP contribution is -2.47. The number of nitrogens with zero attached hydrogens (tertiary/aromatic N) is 1. The molecule has 1 aliphatic rings. The number of aryl methyl sites for hydroxylation is 3. The van der Waals surface area contributed by atoms with E-state index in [1.807, 2.05) is 40.0 Å². The van der Waals surface area contributed by atoms with Crippen molar-refractivity contribution < 1.29 is 8.42 Å². The van der Waals surface area contributed by atoms with Crippen molar-refractivity contribution in [3.05, 3.63) is 28.8 Å². The third-order valence-corrected chi connectivity index (χ3v) is 6.17. The van der Waals surface area contributed by atoms with Crippen molar-refractivity contribution >= 4 is 10.0 Å². The molecule has 20 heavy (non-hydrogen) atoms. The van der Waals surface area contributed by atoms with Crippen LogP contribution in [0.2, 0.25) is 0 Å². The van der Waals surface area contributed by atoms with Gasteiger partial charge in [-0.15, -0.1) is 0 Å². The van der Waals surface area contributed by atoms with E-state index in [0.717, 1.165) is 29.5 Å². The summed E-state index contributed by atoms with van der Waals surface area (Å²) in [5.41, 5.74) is 2.79.